The smallest absolute Gasteiger partial charge is 0.161 e. The van der Waals surface area contributed by atoms with Crippen LogP contribution in [0.4, 0.5) is 0 Å². The maximum absolute atomic E-state index is 9.21. The Morgan fingerprint density at radius 3 is 2.33 bits per heavy atom. The Bertz CT molecular complexity index is 846. The first-order valence-electron chi connectivity index (χ1n) is 8.94. The van der Waals surface area contributed by atoms with Crippen molar-refractivity contribution in [2.75, 3.05) is 13.7 Å². The van der Waals surface area contributed by atoms with Gasteiger partial charge in [-0.05, 0) is 41.0 Å². The van der Waals surface area contributed by atoms with E-state index in [4.69, 9.17) is 14.2 Å². The molecule has 27 heavy (non-hydrogen) atoms. The van der Waals surface area contributed by atoms with Crippen LogP contribution in [0.25, 0.3) is 0 Å². The van der Waals surface area contributed by atoms with E-state index in [1.807, 2.05) is 60.7 Å². The molecule has 0 fully saturated rings. The molecule has 3 aromatic carbocycles. The number of rotatable bonds is 9. The molecule has 4 heteroatoms. The van der Waals surface area contributed by atoms with Gasteiger partial charge in [-0.15, -0.1) is 0 Å². The van der Waals surface area contributed by atoms with Gasteiger partial charge in [0.2, 0.25) is 0 Å². The SMILES string of the molecule is COc1cc(CO)ccc1OCCc1cccc(OCc2ccccc2)c1. The average Bonchev–Trinajstić information content (AvgIpc) is 2.73. The summed E-state index contributed by atoms with van der Waals surface area (Å²) in [6.07, 6.45) is 0.757. The van der Waals surface area contributed by atoms with Crippen molar-refractivity contribution in [1.82, 2.24) is 0 Å². The number of aliphatic hydroxyl groups excluding tert-OH is 1. The third kappa shape index (κ3) is 5.50. The van der Waals surface area contributed by atoms with E-state index in [1.165, 1.54) is 0 Å². The van der Waals surface area contributed by atoms with E-state index in [-0.39, 0.29) is 6.61 Å². The topological polar surface area (TPSA) is 47.9 Å². The summed E-state index contributed by atoms with van der Waals surface area (Å²) in [7, 11) is 1.59. The number of benzene rings is 3. The first-order valence-corrected chi connectivity index (χ1v) is 8.94. The molecule has 0 saturated heterocycles. The van der Waals surface area contributed by atoms with Gasteiger partial charge in [0.05, 0.1) is 20.3 Å². The molecule has 140 valence electrons. The van der Waals surface area contributed by atoms with Crippen molar-refractivity contribution in [3.05, 3.63) is 89.5 Å². The van der Waals surface area contributed by atoms with Crippen LogP contribution < -0.4 is 14.2 Å². The maximum Gasteiger partial charge on any atom is 0.161 e. The van der Waals surface area contributed by atoms with Crippen LogP contribution in [0.2, 0.25) is 0 Å². The molecular formula is C23H24O4. The Hall–Kier alpha value is -2.98. The highest BCUT2D eigenvalue weighted by Crippen LogP contribution is 2.28. The Morgan fingerprint density at radius 2 is 1.56 bits per heavy atom. The van der Waals surface area contributed by atoms with Gasteiger partial charge in [-0.1, -0.05) is 48.5 Å². The van der Waals surface area contributed by atoms with Gasteiger partial charge < -0.3 is 19.3 Å². The van der Waals surface area contributed by atoms with E-state index in [0.717, 1.165) is 28.9 Å². The zero-order chi connectivity index (χ0) is 18.9. The monoisotopic (exact) mass is 364 g/mol. The van der Waals surface area contributed by atoms with Crippen molar-refractivity contribution < 1.29 is 19.3 Å². The summed E-state index contributed by atoms with van der Waals surface area (Å²) in [6.45, 7) is 1.05. The van der Waals surface area contributed by atoms with E-state index >= 15 is 0 Å². The fraction of sp³-hybridized carbons (Fsp3) is 0.217. The standard InChI is InChI=1S/C23H24O4/c1-25-23-15-20(16-24)10-11-22(23)26-13-12-18-8-5-9-21(14-18)27-17-19-6-3-2-4-7-19/h2-11,14-15,24H,12-13,16-17H2,1H3. The molecule has 1 N–H and O–H groups in total. The lowest BCUT2D eigenvalue weighted by molar-refractivity contribution is 0.277. The average molecular weight is 364 g/mol. The van der Waals surface area contributed by atoms with Crippen molar-refractivity contribution in [2.24, 2.45) is 0 Å². The van der Waals surface area contributed by atoms with Crippen molar-refractivity contribution in [1.29, 1.82) is 0 Å². The van der Waals surface area contributed by atoms with E-state index < -0.39 is 0 Å². The van der Waals surface area contributed by atoms with Crippen molar-refractivity contribution in [2.45, 2.75) is 19.6 Å². The Kier molecular flexibility index (Phi) is 6.72. The lowest BCUT2D eigenvalue weighted by atomic mass is 10.1. The van der Waals surface area contributed by atoms with Gasteiger partial charge in [0, 0.05) is 6.42 Å². The summed E-state index contributed by atoms with van der Waals surface area (Å²) >= 11 is 0. The van der Waals surface area contributed by atoms with Crippen LogP contribution in [-0.4, -0.2) is 18.8 Å². The van der Waals surface area contributed by atoms with Crippen molar-refractivity contribution >= 4 is 0 Å². The summed E-state index contributed by atoms with van der Waals surface area (Å²) in [5.74, 6) is 2.15. The number of methoxy groups -OCH3 is 1. The third-order valence-corrected chi connectivity index (χ3v) is 4.21. The minimum Gasteiger partial charge on any atom is -0.493 e. The molecule has 0 radical (unpaired) electrons. The fourth-order valence-electron chi connectivity index (χ4n) is 2.74. The largest absolute Gasteiger partial charge is 0.493 e. The second kappa shape index (κ2) is 9.64. The van der Waals surface area contributed by atoms with Crippen molar-refractivity contribution in [3.63, 3.8) is 0 Å². The molecular weight excluding hydrogens is 340 g/mol. The molecule has 0 amide bonds. The van der Waals surface area contributed by atoms with Gasteiger partial charge in [0.25, 0.3) is 0 Å². The number of hydrogen-bond acceptors (Lipinski definition) is 4. The summed E-state index contributed by atoms with van der Waals surface area (Å²) in [6, 6.07) is 23.6. The highest BCUT2D eigenvalue weighted by molar-refractivity contribution is 5.42. The minimum atomic E-state index is -0.0214. The van der Waals surface area contributed by atoms with E-state index in [0.29, 0.717) is 24.7 Å². The first-order chi connectivity index (χ1) is 13.3. The van der Waals surface area contributed by atoms with Gasteiger partial charge in [0.15, 0.2) is 11.5 Å². The summed E-state index contributed by atoms with van der Waals surface area (Å²) in [5, 5.41) is 9.21. The summed E-state index contributed by atoms with van der Waals surface area (Å²) < 4.78 is 17.1. The molecule has 0 bridgehead atoms. The molecule has 0 saturated carbocycles. The molecule has 3 aromatic rings. The molecule has 0 atom stereocenters. The van der Waals surface area contributed by atoms with Crippen LogP contribution in [0.15, 0.2) is 72.8 Å². The molecule has 4 nitrogen and oxygen atoms in total. The minimum absolute atomic E-state index is 0.0214. The molecule has 0 heterocycles. The summed E-state index contributed by atoms with van der Waals surface area (Å²) in [5.41, 5.74) is 3.08. The van der Waals surface area contributed by atoms with E-state index in [1.54, 1.807) is 13.2 Å². The lowest BCUT2D eigenvalue weighted by Crippen LogP contribution is -2.03. The predicted molar refractivity (Wildman–Crippen MR) is 105 cm³/mol. The van der Waals surface area contributed by atoms with Crippen LogP contribution in [0.5, 0.6) is 17.2 Å². The van der Waals surface area contributed by atoms with Gasteiger partial charge in [-0.2, -0.15) is 0 Å². The van der Waals surface area contributed by atoms with Gasteiger partial charge in [-0.3, -0.25) is 0 Å². The highest BCUT2D eigenvalue weighted by Gasteiger charge is 2.06. The van der Waals surface area contributed by atoms with Crippen molar-refractivity contribution in [3.8, 4) is 17.2 Å². The van der Waals surface area contributed by atoms with Gasteiger partial charge >= 0.3 is 0 Å². The number of ether oxygens (including phenoxy) is 3. The molecule has 0 aromatic heterocycles. The second-order valence-electron chi connectivity index (χ2n) is 6.16. The fourth-order valence-corrected chi connectivity index (χ4v) is 2.74. The Morgan fingerprint density at radius 1 is 0.741 bits per heavy atom. The van der Waals surface area contributed by atoms with Gasteiger partial charge in [-0.25, -0.2) is 0 Å². The van der Waals surface area contributed by atoms with Crippen LogP contribution in [0, 0.1) is 0 Å². The van der Waals surface area contributed by atoms with Crippen LogP contribution in [0.3, 0.4) is 0 Å². The Balaban J connectivity index is 1.54. The molecule has 0 aliphatic carbocycles. The quantitative estimate of drug-likeness (QED) is 0.612. The number of hydrogen-bond donors (Lipinski definition) is 1. The van der Waals surface area contributed by atoms with E-state index in [2.05, 4.69) is 6.07 Å². The predicted octanol–water partition coefficient (Wildman–Crippen LogP) is 4.39. The zero-order valence-corrected chi connectivity index (χ0v) is 15.4. The lowest BCUT2D eigenvalue weighted by Gasteiger charge is -2.12. The molecule has 0 aliphatic heterocycles. The normalized spacial score (nSPS) is 10.4. The second-order valence-corrected chi connectivity index (χ2v) is 6.16. The van der Waals surface area contributed by atoms with Gasteiger partial charge in [0.1, 0.15) is 12.4 Å². The Labute approximate surface area is 160 Å². The van der Waals surface area contributed by atoms with E-state index in [9.17, 15) is 5.11 Å². The molecule has 0 aliphatic rings. The van der Waals surface area contributed by atoms with Crippen LogP contribution >= 0.6 is 0 Å². The molecule has 3 rings (SSSR count). The third-order valence-electron chi connectivity index (χ3n) is 4.21. The molecule has 0 unspecified atom stereocenters. The zero-order valence-electron chi connectivity index (χ0n) is 15.4. The molecule has 0 spiro atoms. The first kappa shape index (κ1) is 18.8. The summed E-state index contributed by atoms with van der Waals surface area (Å²) in [4.78, 5) is 0. The maximum atomic E-state index is 9.21. The van der Waals surface area contributed by atoms with Crippen LogP contribution in [-0.2, 0) is 19.6 Å². The van der Waals surface area contributed by atoms with Crippen LogP contribution in [0.1, 0.15) is 16.7 Å². The highest BCUT2D eigenvalue weighted by atomic mass is 16.5. The number of aliphatic hydroxyl groups is 1.